The summed E-state index contributed by atoms with van der Waals surface area (Å²) in [7, 11) is 1.71. The summed E-state index contributed by atoms with van der Waals surface area (Å²) in [6, 6.07) is 6.38. The fraction of sp³-hybridized carbons (Fsp3) is 0.409. The summed E-state index contributed by atoms with van der Waals surface area (Å²) in [6.07, 6.45) is 3.32. The molecule has 33 heavy (non-hydrogen) atoms. The molecule has 3 rings (SSSR count). The molecule has 0 radical (unpaired) electrons. The van der Waals surface area contributed by atoms with Gasteiger partial charge in [0.05, 0.1) is 6.20 Å². The SMILES string of the molecule is CN(CCCC(=O)O)C(=O)C1CCN(c2ncc(C(=O)Oc3ccc(C(=N)N)cc3)s2)CC1. The summed E-state index contributed by atoms with van der Waals surface area (Å²) in [4.78, 5) is 44.1. The Morgan fingerprint density at radius 1 is 1.27 bits per heavy atom. The lowest BCUT2D eigenvalue weighted by molar-refractivity contribution is -0.139. The molecule has 1 amide bonds. The number of carbonyl (C=O) groups is 3. The van der Waals surface area contributed by atoms with E-state index in [-0.39, 0.29) is 24.1 Å². The number of rotatable bonds is 9. The molecule has 0 saturated carbocycles. The van der Waals surface area contributed by atoms with Crippen molar-refractivity contribution in [3.05, 3.63) is 40.9 Å². The van der Waals surface area contributed by atoms with Gasteiger partial charge in [0.1, 0.15) is 16.5 Å². The van der Waals surface area contributed by atoms with Crippen LogP contribution in [0.2, 0.25) is 0 Å². The first kappa shape index (κ1) is 24.2. The van der Waals surface area contributed by atoms with Gasteiger partial charge in [-0.15, -0.1) is 0 Å². The zero-order valence-electron chi connectivity index (χ0n) is 18.3. The van der Waals surface area contributed by atoms with E-state index in [0.717, 1.165) is 0 Å². The van der Waals surface area contributed by atoms with Crippen LogP contribution in [0.1, 0.15) is 40.9 Å². The van der Waals surface area contributed by atoms with Crippen molar-refractivity contribution in [1.82, 2.24) is 9.88 Å². The van der Waals surface area contributed by atoms with Gasteiger partial charge in [-0.1, -0.05) is 11.3 Å². The summed E-state index contributed by atoms with van der Waals surface area (Å²) >= 11 is 1.24. The van der Waals surface area contributed by atoms with E-state index in [1.165, 1.54) is 17.5 Å². The minimum absolute atomic E-state index is 0.0410. The number of carboxylic acids is 1. The molecular weight excluding hydrogens is 446 g/mol. The number of piperidine rings is 1. The number of aromatic nitrogens is 1. The van der Waals surface area contributed by atoms with Crippen molar-refractivity contribution in [3.63, 3.8) is 0 Å². The van der Waals surface area contributed by atoms with Crippen LogP contribution < -0.4 is 15.4 Å². The molecule has 1 aliphatic rings. The highest BCUT2D eigenvalue weighted by Gasteiger charge is 2.28. The topological polar surface area (TPSA) is 150 Å². The van der Waals surface area contributed by atoms with Crippen LogP contribution in [0.15, 0.2) is 30.5 Å². The second-order valence-corrected chi connectivity index (χ2v) is 8.86. The molecule has 4 N–H and O–H groups in total. The van der Waals surface area contributed by atoms with Crippen molar-refractivity contribution < 1.29 is 24.2 Å². The fourth-order valence-electron chi connectivity index (χ4n) is 3.57. The van der Waals surface area contributed by atoms with Gasteiger partial charge in [-0.2, -0.15) is 0 Å². The van der Waals surface area contributed by atoms with Crippen molar-refractivity contribution in [2.75, 3.05) is 31.6 Å². The number of carboxylic acid groups (broad SMARTS) is 1. The van der Waals surface area contributed by atoms with E-state index in [0.29, 0.717) is 60.2 Å². The molecule has 0 aliphatic carbocycles. The molecule has 0 spiro atoms. The second kappa shape index (κ2) is 10.9. The smallest absolute Gasteiger partial charge is 0.355 e. The number of carbonyl (C=O) groups excluding carboxylic acids is 2. The van der Waals surface area contributed by atoms with Crippen molar-refractivity contribution in [2.24, 2.45) is 11.7 Å². The average molecular weight is 474 g/mol. The number of amides is 1. The summed E-state index contributed by atoms with van der Waals surface area (Å²) < 4.78 is 5.37. The van der Waals surface area contributed by atoms with Crippen LogP contribution in [-0.2, 0) is 9.59 Å². The van der Waals surface area contributed by atoms with Gasteiger partial charge in [-0.05, 0) is 43.5 Å². The number of hydrogen-bond acceptors (Lipinski definition) is 8. The highest BCUT2D eigenvalue weighted by Crippen LogP contribution is 2.29. The van der Waals surface area contributed by atoms with Crippen molar-refractivity contribution in [3.8, 4) is 5.75 Å². The number of nitrogens with zero attached hydrogens (tertiary/aromatic N) is 3. The van der Waals surface area contributed by atoms with Crippen molar-refractivity contribution in [2.45, 2.75) is 25.7 Å². The monoisotopic (exact) mass is 473 g/mol. The average Bonchev–Trinajstić information content (AvgIpc) is 3.29. The molecule has 1 aromatic carbocycles. The molecule has 0 unspecified atom stereocenters. The van der Waals surface area contributed by atoms with Gasteiger partial charge in [0.15, 0.2) is 5.13 Å². The van der Waals surface area contributed by atoms with E-state index in [1.807, 2.05) is 0 Å². The lowest BCUT2D eigenvalue weighted by Gasteiger charge is -2.33. The molecule has 1 aliphatic heterocycles. The van der Waals surface area contributed by atoms with E-state index in [4.69, 9.17) is 21.0 Å². The number of ether oxygens (including phenoxy) is 1. The first-order chi connectivity index (χ1) is 15.7. The Labute approximate surface area is 195 Å². The first-order valence-electron chi connectivity index (χ1n) is 10.6. The van der Waals surface area contributed by atoms with Crippen LogP contribution in [0.4, 0.5) is 5.13 Å². The molecule has 10 nitrogen and oxygen atoms in total. The van der Waals surface area contributed by atoms with E-state index in [2.05, 4.69) is 9.88 Å². The van der Waals surface area contributed by atoms with Gasteiger partial charge in [0, 0.05) is 44.6 Å². The largest absolute Gasteiger partial charge is 0.481 e. The van der Waals surface area contributed by atoms with Crippen LogP contribution in [0.25, 0.3) is 0 Å². The number of nitrogens with one attached hydrogen (secondary N) is 1. The van der Waals surface area contributed by atoms with Crippen LogP contribution in [0.3, 0.4) is 0 Å². The maximum atomic E-state index is 12.6. The van der Waals surface area contributed by atoms with Crippen LogP contribution in [0.5, 0.6) is 5.75 Å². The molecule has 0 atom stereocenters. The number of nitrogen functional groups attached to an aromatic ring is 1. The van der Waals surface area contributed by atoms with Crippen LogP contribution in [-0.4, -0.2) is 65.4 Å². The first-order valence-corrected chi connectivity index (χ1v) is 11.4. The number of hydrogen-bond donors (Lipinski definition) is 3. The Bertz CT molecular complexity index is 1010. The summed E-state index contributed by atoms with van der Waals surface area (Å²) in [5, 5.41) is 16.8. The maximum absolute atomic E-state index is 12.6. The summed E-state index contributed by atoms with van der Waals surface area (Å²) in [5.74, 6) is -1.14. The van der Waals surface area contributed by atoms with Crippen molar-refractivity contribution >= 4 is 40.1 Å². The lowest BCUT2D eigenvalue weighted by Crippen LogP contribution is -2.41. The number of anilines is 1. The van der Waals surface area contributed by atoms with Gasteiger partial charge >= 0.3 is 11.9 Å². The standard InChI is InChI=1S/C22H27N5O5S/c1-26(10-2-3-18(28)29)20(30)15-8-11-27(12-9-15)22-25-13-17(33-22)21(31)32-16-6-4-14(5-7-16)19(23)24/h4-7,13,15H,2-3,8-12H2,1H3,(H3,23,24)(H,28,29). The fourth-order valence-corrected chi connectivity index (χ4v) is 4.42. The third kappa shape index (κ3) is 6.51. The van der Waals surface area contributed by atoms with E-state index >= 15 is 0 Å². The Morgan fingerprint density at radius 2 is 1.94 bits per heavy atom. The third-order valence-electron chi connectivity index (χ3n) is 5.45. The zero-order chi connectivity index (χ0) is 24.0. The number of nitrogens with two attached hydrogens (primary N) is 1. The summed E-state index contributed by atoms with van der Waals surface area (Å²) in [5.41, 5.74) is 5.97. The van der Waals surface area contributed by atoms with Gasteiger partial charge in [-0.25, -0.2) is 9.78 Å². The minimum atomic E-state index is -0.859. The van der Waals surface area contributed by atoms with Crippen molar-refractivity contribution in [1.29, 1.82) is 5.41 Å². The highest BCUT2D eigenvalue weighted by atomic mass is 32.1. The quantitative estimate of drug-likeness (QED) is 0.217. The number of thiazole rings is 1. The van der Waals surface area contributed by atoms with Crippen LogP contribution in [0, 0.1) is 11.3 Å². The zero-order valence-corrected chi connectivity index (χ0v) is 19.1. The van der Waals surface area contributed by atoms with Gasteiger partial charge in [0.25, 0.3) is 0 Å². The second-order valence-electron chi connectivity index (χ2n) is 7.85. The molecule has 0 bridgehead atoms. The Morgan fingerprint density at radius 3 is 2.55 bits per heavy atom. The predicted molar refractivity (Wildman–Crippen MR) is 124 cm³/mol. The Hall–Kier alpha value is -3.47. The molecular formula is C22H27N5O5S. The number of esters is 1. The van der Waals surface area contributed by atoms with E-state index in [1.54, 1.807) is 36.2 Å². The van der Waals surface area contributed by atoms with Crippen LogP contribution >= 0.6 is 11.3 Å². The molecule has 2 heterocycles. The van der Waals surface area contributed by atoms with Gasteiger partial charge in [-0.3, -0.25) is 15.0 Å². The van der Waals surface area contributed by atoms with E-state index < -0.39 is 11.9 Å². The molecule has 1 fully saturated rings. The normalized spacial score (nSPS) is 14.0. The number of aliphatic carboxylic acids is 1. The van der Waals surface area contributed by atoms with E-state index in [9.17, 15) is 14.4 Å². The Balaban J connectivity index is 1.50. The minimum Gasteiger partial charge on any atom is -0.481 e. The summed E-state index contributed by atoms with van der Waals surface area (Å²) in [6.45, 7) is 1.72. The third-order valence-corrected chi connectivity index (χ3v) is 6.48. The number of benzene rings is 1. The Kier molecular flexibility index (Phi) is 7.99. The molecule has 176 valence electrons. The number of amidine groups is 1. The molecule has 2 aromatic rings. The van der Waals surface area contributed by atoms with Gasteiger partial charge in [0.2, 0.25) is 5.91 Å². The highest BCUT2D eigenvalue weighted by molar-refractivity contribution is 7.17. The molecule has 1 saturated heterocycles. The maximum Gasteiger partial charge on any atom is 0.355 e. The predicted octanol–water partition coefficient (Wildman–Crippen LogP) is 2.19. The molecule has 11 heteroatoms. The lowest BCUT2D eigenvalue weighted by atomic mass is 9.95. The molecule has 1 aromatic heterocycles. The van der Waals surface area contributed by atoms with Gasteiger partial charge < -0.3 is 25.4 Å².